The molecule has 0 amide bonds. The van der Waals surface area contributed by atoms with Crippen molar-refractivity contribution in [2.45, 2.75) is 34.4 Å². The van der Waals surface area contributed by atoms with Gasteiger partial charge in [-0.1, -0.05) is 39.1 Å². The molecule has 0 N–H and O–H groups in total. The van der Waals surface area contributed by atoms with E-state index in [9.17, 15) is 8.42 Å². The minimum atomic E-state index is -1.39. The van der Waals surface area contributed by atoms with Crippen LogP contribution >= 0.6 is 22.7 Å². The molecular formula is C42H38O6S4. The Balaban J connectivity index is 0.000000172. The number of benzene rings is 6. The van der Waals surface area contributed by atoms with E-state index in [1.54, 1.807) is 40.6 Å². The van der Waals surface area contributed by atoms with Gasteiger partial charge < -0.3 is 18.9 Å². The van der Waals surface area contributed by atoms with Crippen molar-refractivity contribution >= 4 is 84.6 Å². The number of methoxy groups -OCH3 is 4. The molecule has 2 aromatic heterocycles. The van der Waals surface area contributed by atoms with Crippen molar-refractivity contribution in [2.75, 3.05) is 28.4 Å². The van der Waals surface area contributed by atoms with Gasteiger partial charge in [0.15, 0.2) is 0 Å². The van der Waals surface area contributed by atoms with Crippen LogP contribution < -0.4 is 18.9 Å². The molecule has 0 saturated carbocycles. The zero-order chi connectivity index (χ0) is 34.3. The van der Waals surface area contributed by atoms with E-state index >= 15 is 0 Å². The smallest absolute Gasteiger partial charge is 0.120 e. The highest BCUT2D eigenvalue weighted by atomic mass is 32.2. The molecule has 10 heteroatoms. The molecule has 0 saturated heterocycles. The number of hydrogen-bond acceptors (Lipinski definition) is 8. The van der Waals surface area contributed by atoms with Crippen LogP contribution in [-0.4, -0.2) is 36.9 Å². The van der Waals surface area contributed by atoms with Gasteiger partial charge in [-0.25, -0.2) is 8.42 Å². The van der Waals surface area contributed by atoms with E-state index in [0.717, 1.165) is 33.8 Å². The summed E-state index contributed by atoms with van der Waals surface area (Å²) in [4.78, 5) is 2.72. The van der Waals surface area contributed by atoms with E-state index in [1.165, 1.54) is 40.3 Å². The first-order chi connectivity index (χ1) is 24.4. The molecule has 52 heavy (non-hydrogen) atoms. The molecule has 8 aromatic rings. The molecule has 2 unspecified atom stereocenters. The van der Waals surface area contributed by atoms with E-state index in [-0.39, 0.29) is 16.3 Å². The Morgan fingerprint density at radius 3 is 1.15 bits per heavy atom. The van der Waals surface area contributed by atoms with Crippen molar-refractivity contribution in [3.63, 3.8) is 0 Å². The second-order valence-corrected chi connectivity index (χ2v) is 16.7. The molecule has 266 valence electrons. The van der Waals surface area contributed by atoms with Crippen LogP contribution in [0.4, 0.5) is 0 Å². The maximum Gasteiger partial charge on any atom is 0.120 e. The molecular weight excluding hydrogens is 729 g/mol. The Kier molecular flexibility index (Phi) is 9.37. The maximum atomic E-state index is 13.2. The van der Waals surface area contributed by atoms with Gasteiger partial charge in [-0.2, -0.15) is 0 Å². The quantitative estimate of drug-likeness (QED) is 0.178. The molecule has 6 aromatic carbocycles. The first-order valence-electron chi connectivity index (χ1n) is 15.7. The Bertz CT molecular complexity index is 2580. The summed E-state index contributed by atoms with van der Waals surface area (Å²) in [6.07, 6.45) is 0. The fraction of sp³-hybridized carbons (Fsp3) is 0.143. The molecule has 0 radical (unpaired) electrons. The summed E-state index contributed by atoms with van der Waals surface area (Å²) >= 11 is 3.69. The van der Waals surface area contributed by atoms with E-state index in [0.29, 0.717) is 31.1 Å². The molecule has 2 aliphatic heterocycles. The van der Waals surface area contributed by atoms with Crippen molar-refractivity contribution in [1.29, 1.82) is 0 Å². The third-order valence-corrected chi connectivity index (χ3v) is 15.0. The molecule has 2 aliphatic rings. The van der Waals surface area contributed by atoms with Crippen molar-refractivity contribution in [1.82, 2.24) is 0 Å². The van der Waals surface area contributed by atoms with Crippen LogP contribution in [0, 0.1) is 0 Å². The van der Waals surface area contributed by atoms with E-state index in [1.807, 2.05) is 71.2 Å². The lowest BCUT2D eigenvalue weighted by molar-refractivity contribution is 0.413. The second-order valence-electron chi connectivity index (χ2n) is 11.8. The highest BCUT2D eigenvalue weighted by Crippen LogP contribution is 2.52. The molecule has 2 atom stereocenters. The predicted molar refractivity (Wildman–Crippen MR) is 221 cm³/mol. The normalized spacial score (nSPS) is 14.8. The number of thiophene rings is 2. The summed E-state index contributed by atoms with van der Waals surface area (Å²) in [7, 11) is 3.83. The predicted octanol–water partition coefficient (Wildman–Crippen LogP) is 12.0. The summed E-state index contributed by atoms with van der Waals surface area (Å²) in [5.74, 6) is 3.14. The number of ether oxygens (including phenoxy) is 4. The van der Waals surface area contributed by atoms with Gasteiger partial charge in [0, 0.05) is 43.5 Å². The third-order valence-electron chi connectivity index (χ3n) is 9.33. The van der Waals surface area contributed by atoms with Gasteiger partial charge in [0.2, 0.25) is 0 Å². The van der Waals surface area contributed by atoms with Crippen LogP contribution in [0.5, 0.6) is 23.0 Å². The summed E-state index contributed by atoms with van der Waals surface area (Å²) in [5, 5.41) is 5.24. The van der Waals surface area contributed by atoms with Crippen LogP contribution in [-0.2, 0) is 21.6 Å². The first kappa shape index (κ1) is 35.7. The van der Waals surface area contributed by atoms with Gasteiger partial charge in [0.1, 0.15) is 23.0 Å². The minimum absolute atomic E-state index is 0. The van der Waals surface area contributed by atoms with E-state index < -0.39 is 21.6 Å². The average molecular weight is 768 g/mol. The van der Waals surface area contributed by atoms with Gasteiger partial charge in [0.05, 0.1) is 79.0 Å². The Labute approximate surface area is 316 Å². The fourth-order valence-electron chi connectivity index (χ4n) is 6.87. The van der Waals surface area contributed by atoms with Crippen molar-refractivity contribution in [3.05, 3.63) is 97.1 Å². The lowest BCUT2D eigenvalue weighted by Gasteiger charge is -2.05. The molecule has 0 bridgehead atoms. The van der Waals surface area contributed by atoms with Crippen LogP contribution in [0.1, 0.15) is 16.3 Å². The Morgan fingerprint density at radius 1 is 0.442 bits per heavy atom. The van der Waals surface area contributed by atoms with Gasteiger partial charge in [-0.3, -0.25) is 0 Å². The second kappa shape index (κ2) is 13.7. The van der Waals surface area contributed by atoms with Crippen LogP contribution in [0.25, 0.3) is 62.6 Å². The first-order valence-corrected chi connectivity index (χ1v) is 19.6. The largest absolute Gasteiger partial charge is 0.497 e. The molecule has 0 fully saturated rings. The average Bonchev–Trinajstić information content (AvgIpc) is 3.88. The zero-order valence-electron chi connectivity index (χ0n) is 27.3. The molecule has 0 aliphatic carbocycles. The lowest BCUT2D eigenvalue weighted by atomic mass is 10.0. The van der Waals surface area contributed by atoms with Gasteiger partial charge >= 0.3 is 0 Å². The summed E-state index contributed by atoms with van der Waals surface area (Å²) in [6.45, 7) is 0. The maximum absolute atomic E-state index is 13.2. The van der Waals surface area contributed by atoms with Gasteiger partial charge in [-0.05, 0) is 83.9 Å². The lowest BCUT2D eigenvalue weighted by Crippen LogP contribution is -1.96. The van der Waals surface area contributed by atoms with Crippen molar-refractivity contribution in [3.8, 4) is 45.3 Å². The van der Waals surface area contributed by atoms with Crippen LogP contribution in [0.3, 0.4) is 0 Å². The third kappa shape index (κ3) is 5.31. The van der Waals surface area contributed by atoms with Crippen LogP contribution in [0.15, 0.2) is 117 Å². The summed E-state index contributed by atoms with van der Waals surface area (Å²) < 4.78 is 53.0. The topological polar surface area (TPSA) is 71.1 Å². The standard InChI is InChI=1S/C20H14O4S2.C20H14O2S2.2CH4.H2/c1-23-11-3-5-13-15-7-8-16-14-6-4-12(24-2)10-18(14)26(22)20(16)19(15)25(21)17(13)9-11;1-21-11-3-5-13-15-7-8-16-14-6-4-12(22-2)10-18(14)24-20(16)19(15)23-17(13)9-11;;;/h3-10H,1-2H3;3-10H,1-2H3;2*1H4;1H/i;;;;1+1. The zero-order valence-corrected chi connectivity index (χ0v) is 30.6. The highest BCUT2D eigenvalue weighted by molar-refractivity contribution is 7.89. The fourth-order valence-corrected chi connectivity index (χ4v) is 12.9. The molecule has 10 rings (SSSR count). The number of rotatable bonds is 4. The van der Waals surface area contributed by atoms with E-state index in [2.05, 4.69) is 36.4 Å². The molecule has 0 spiro atoms. The number of fused-ring (bicyclic) bond motifs is 14. The molecule has 6 nitrogen and oxygen atoms in total. The highest BCUT2D eigenvalue weighted by Gasteiger charge is 2.37. The number of hydrogen-bond donors (Lipinski definition) is 0. The van der Waals surface area contributed by atoms with Crippen molar-refractivity contribution in [2.24, 2.45) is 0 Å². The SMILES string of the molecule is C.C.COc1ccc2c(c1)S(=O)c1c-2ccc2c1S(=O)c1cc(OC)ccc1-2.COc1ccc2c(c1)sc1c2ccc2c3ccc(OC)cc3sc21.[2HH]. The van der Waals surface area contributed by atoms with E-state index in [4.69, 9.17) is 18.9 Å². The van der Waals surface area contributed by atoms with Crippen molar-refractivity contribution < 1.29 is 28.8 Å². The summed E-state index contributed by atoms with van der Waals surface area (Å²) in [5.41, 5.74) is 3.58. The monoisotopic (exact) mass is 767 g/mol. The van der Waals surface area contributed by atoms with Crippen LogP contribution in [0.2, 0.25) is 0 Å². The Morgan fingerprint density at radius 2 is 0.769 bits per heavy atom. The minimum Gasteiger partial charge on any atom is -0.497 e. The molecule has 4 heterocycles. The summed E-state index contributed by atoms with van der Waals surface area (Å²) in [6, 6.07) is 32.2. The van der Waals surface area contributed by atoms with Gasteiger partial charge in [-0.15, -0.1) is 22.7 Å². The Hall–Kier alpha value is -4.74. The van der Waals surface area contributed by atoms with Gasteiger partial charge in [0.25, 0.3) is 0 Å².